The minimum atomic E-state index is -0.251. The molecule has 0 unspecified atom stereocenters. The monoisotopic (exact) mass is 426 g/mol. The normalized spacial score (nSPS) is 18.4. The molecular weight excluding hydrogens is 408 g/mol. The number of rotatable bonds is 3. The Balaban J connectivity index is 1.51. The topological polar surface area (TPSA) is 63.3 Å². The molecule has 152 valence electrons. The van der Waals surface area contributed by atoms with Crippen LogP contribution in [0.1, 0.15) is 24.6 Å². The number of fused-ring (bicyclic) bond motifs is 2. The third kappa shape index (κ3) is 3.09. The highest BCUT2D eigenvalue weighted by Crippen LogP contribution is 2.40. The lowest BCUT2D eigenvalue weighted by atomic mass is 9.82. The first-order valence-corrected chi connectivity index (χ1v) is 10.7. The third-order valence-electron chi connectivity index (χ3n) is 6.05. The summed E-state index contributed by atoms with van der Waals surface area (Å²) in [4.78, 5) is 14.1. The van der Waals surface area contributed by atoms with Gasteiger partial charge in [-0.2, -0.15) is 0 Å². The predicted octanol–water partition coefficient (Wildman–Crippen LogP) is 5.50. The molecule has 1 fully saturated rings. The van der Waals surface area contributed by atoms with Gasteiger partial charge in [0, 0.05) is 34.8 Å². The predicted molar refractivity (Wildman–Crippen MR) is 122 cm³/mol. The van der Waals surface area contributed by atoms with Crippen LogP contribution in [0.3, 0.4) is 0 Å². The molecule has 0 atom stereocenters. The lowest BCUT2D eigenvalue weighted by molar-refractivity contribution is 0.0715. The third-order valence-corrected chi connectivity index (χ3v) is 6.33. The van der Waals surface area contributed by atoms with Crippen LogP contribution < -0.4 is 0 Å². The van der Waals surface area contributed by atoms with Gasteiger partial charge in [0.2, 0.25) is 0 Å². The number of benzene rings is 2. The van der Waals surface area contributed by atoms with Crippen LogP contribution >= 0.6 is 11.6 Å². The molecule has 6 heteroatoms. The first kappa shape index (κ1) is 18.5. The first-order chi connectivity index (χ1) is 15.2. The number of nitrogens with zero attached hydrogens (tertiary/aromatic N) is 4. The summed E-state index contributed by atoms with van der Waals surface area (Å²) in [5.74, 6) is 1.14. The van der Waals surface area contributed by atoms with Gasteiger partial charge in [0.1, 0.15) is 11.3 Å². The Morgan fingerprint density at radius 2 is 1.74 bits per heavy atom. The molecule has 3 heterocycles. The number of pyridine rings is 1. The molecule has 6 rings (SSSR count). The van der Waals surface area contributed by atoms with Gasteiger partial charge in [0.05, 0.1) is 23.0 Å². The smallest absolute Gasteiger partial charge is 0.155 e. The van der Waals surface area contributed by atoms with Crippen LogP contribution in [-0.4, -0.2) is 30.6 Å². The van der Waals surface area contributed by atoms with E-state index in [9.17, 15) is 5.11 Å². The molecule has 0 radical (unpaired) electrons. The largest absolute Gasteiger partial charge is 0.393 e. The Kier molecular flexibility index (Phi) is 4.26. The number of halogens is 1. The Bertz CT molecular complexity index is 1420. The molecule has 0 spiro atoms. The second kappa shape index (κ2) is 7.15. The highest BCUT2D eigenvalue weighted by Gasteiger charge is 2.33. The molecule has 1 saturated carbocycles. The van der Waals surface area contributed by atoms with Crippen molar-refractivity contribution in [2.45, 2.75) is 24.9 Å². The van der Waals surface area contributed by atoms with E-state index in [0.717, 1.165) is 57.6 Å². The van der Waals surface area contributed by atoms with Gasteiger partial charge in [-0.15, -0.1) is 0 Å². The lowest BCUT2D eigenvalue weighted by Gasteiger charge is -2.30. The molecule has 3 aromatic heterocycles. The lowest BCUT2D eigenvalue weighted by Crippen LogP contribution is -2.27. The zero-order chi connectivity index (χ0) is 20.9. The maximum Gasteiger partial charge on any atom is 0.155 e. The summed E-state index contributed by atoms with van der Waals surface area (Å²) in [6, 6.07) is 20.5. The molecule has 5 aromatic rings. The van der Waals surface area contributed by atoms with Crippen LogP contribution in [0.2, 0.25) is 5.15 Å². The van der Waals surface area contributed by atoms with E-state index in [-0.39, 0.29) is 12.0 Å². The Labute approximate surface area is 184 Å². The van der Waals surface area contributed by atoms with E-state index in [0.29, 0.717) is 5.15 Å². The van der Waals surface area contributed by atoms with E-state index in [1.165, 1.54) is 0 Å². The van der Waals surface area contributed by atoms with Gasteiger partial charge in [0.15, 0.2) is 5.15 Å². The highest BCUT2D eigenvalue weighted by molar-refractivity contribution is 6.33. The van der Waals surface area contributed by atoms with Crippen molar-refractivity contribution in [1.82, 2.24) is 19.4 Å². The van der Waals surface area contributed by atoms with Crippen LogP contribution in [0.4, 0.5) is 0 Å². The van der Waals surface area contributed by atoms with E-state index in [1.54, 1.807) is 6.20 Å². The standard InChI is InChI=1S/C25H19ClN4O/c26-24-23-22(29-25(18-12-19(31)13-18)30(23)11-10-27-24)17-7-6-16-8-9-20(28-21(16)14-17)15-4-2-1-3-5-15/h1-11,14,18-19,31H,12-13H2. The second-order valence-electron chi connectivity index (χ2n) is 8.05. The fourth-order valence-electron chi connectivity index (χ4n) is 4.35. The Hall–Kier alpha value is -3.28. The van der Waals surface area contributed by atoms with Crippen molar-refractivity contribution in [1.29, 1.82) is 0 Å². The summed E-state index contributed by atoms with van der Waals surface area (Å²) in [6.07, 6.45) is 4.77. The van der Waals surface area contributed by atoms with Crippen LogP contribution in [0.25, 0.3) is 38.9 Å². The molecule has 1 N–H and O–H groups in total. The van der Waals surface area contributed by atoms with Gasteiger partial charge in [-0.05, 0) is 25.0 Å². The Morgan fingerprint density at radius 1 is 0.935 bits per heavy atom. The van der Waals surface area contributed by atoms with E-state index >= 15 is 0 Å². The zero-order valence-electron chi connectivity index (χ0n) is 16.6. The van der Waals surface area contributed by atoms with Crippen molar-refractivity contribution >= 4 is 28.0 Å². The molecule has 2 aromatic carbocycles. The number of aromatic nitrogens is 4. The SMILES string of the molecule is OC1CC(c2nc(-c3ccc4ccc(-c5ccccc5)nc4c3)c3c(Cl)nccn23)C1. The molecule has 31 heavy (non-hydrogen) atoms. The van der Waals surface area contributed by atoms with Crippen LogP contribution in [0.5, 0.6) is 0 Å². The van der Waals surface area contributed by atoms with E-state index in [1.807, 2.05) is 34.9 Å². The maximum atomic E-state index is 9.78. The number of hydrogen-bond acceptors (Lipinski definition) is 4. The fourth-order valence-corrected chi connectivity index (χ4v) is 4.58. The van der Waals surface area contributed by atoms with Crippen LogP contribution in [0.15, 0.2) is 73.1 Å². The van der Waals surface area contributed by atoms with Gasteiger partial charge in [-0.3, -0.25) is 4.40 Å². The molecule has 0 aliphatic heterocycles. The first-order valence-electron chi connectivity index (χ1n) is 10.3. The minimum absolute atomic E-state index is 0.220. The average Bonchev–Trinajstić information content (AvgIpc) is 3.17. The van der Waals surface area contributed by atoms with Gasteiger partial charge >= 0.3 is 0 Å². The van der Waals surface area contributed by atoms with Gasteiger partial charge in [-0.25, -0.2) is 15.0 Å². The van der Waals surface area contributed by atoms with E-state index in [4.69, 9.17) is 21.6 Å². The number of imidazole rings is 1. The Morgan fingerprint density at radius 3 is 2.55 bits per heavy atom. The quantitative estimate of drug-likeness (QED) is 0.413. The van der Waals surface area contributed by atoms with Crippen LogP contribution in [-0.2, 0) is 0 Å². The summed E-state index contributed by atoms with van der Waals surface area (Å²) in [7, 11) is 0. The van der Waals surface area contributed by atoms with E-state index in [2.05, 4.69) is 41.4 Å². The molecule has 0 saturated heterocycles. The van der Waals surface area contributed by atoms with Crippen molar-refractivity contribution in [3.8, 4) is 22.5 Å². The molecule has 1 aliphatic rings. The second-order valence-corrected chi connectivity index (χ2v) is 8.41. The van der Waals surface area contributed by atoms with Crippen molar-refractivity contribution in [2.75, 3.05) is 0 Å². The van der Waals surface area contributed by atoms with Crippen molar-refractivity contribution in [2.24, 2.45) is 0 Å². The molecule has 0 bridgehead atoms. The summed E-state index contributed by atoms with van der Waals surface area (Å²) < 4.78 is 2.01. The summed E-state index contributed by atoms with van der Waals surface area (Å²) in [6.45, 7) is 0. The molecule has 5 nitrogen and oxygen atoms in total. The van der Waals surface area contributed by atoms with Crippen molar-refractivity contribution in [3.05, 3.63) is 84.0 Å². The summed E-state index contributed by atoms with van der Waals surface area (Å²) in [5, 5.41) is 11.3. The van der Waals surface area contributed by atoms with Crippen LogP contribution in [0, 0.1) is 0 Å². The molecule has 0 amide bonds. The average molecular weight is 427 g/mol. The summed E-state index contributed by atoms with van der Waals surface area (Å²) >= 11 is 6.51. The maximum absolute atomic E-state index is 9.78. The van der Waals surface area contributed by atoms with Gasteiger partial charge in [0.25, 0.3) is 0 Å². The van der Waals surface area contributed by atoms with Crippen molar-refractivity contribution < 1.29 is 5.11 Å². The number of hydrogen-bond donors (Lipinski definition) is 1. The fraction of sp³-hybridized carbons (Fsp3) is 0.160. The minimum Gasteiger partial charge on any atom is -0.393 e. The number of aliphatic hydroxyl groups excluding tert-OH is 1. The highest BCUT2D eigenvalue weighted by atomic mass is 35.5. The van der Waals surface area contributed by atoms with Gasteiger partial charge in [-0.1, -0.05) is 60.1 Å². The van der Waals surface area contributed by atoms with Crippen molar-refractivity contribution in [3.63, 3.8) is 0 Å². The number of aliphatic hydroxyl groups is 1. The van der Waals surface area contributed by atoms with Gasteiger partial charge < -0.3 is 5.11 Å². The zero-order valence-corrected chi connectivity index (χ0v) is 17.4. The molecular formula is C25H19ClN4O. The van der Waals surface area contributed by atoms with E-state index < -0.39 is 0 Å². The molecule has 1 aliphatic carbocycles. The summed E-state index contributed by atoms with van der Waals surface area (Å²) in [5.41, 5.74) is 5.45.